The number of tetrazole rings is 1. The Morgan fingerprint density at radius 2 is 1.80 bits per heavy atom. The second kappa shape index (κ2) is 5.96. The lowest BCUT2D eigenvalue weighted by Crippen LogP contribution is -2.19. The van der Waals surface area contributed by atoms with E-state index in [-0.39, 0.29) is 11.3 Å². The lowest BCUT2D eigenvalue weighted by atomic mass is 10.1. The molecule has 9 nitrogen and oxygen atoms in total. The van der Waals surface area contributed by atoms with E-state index >= 15 is 0 Å². The highest BCUT2D eigenvalue weighted by Crippen LogP contribution is 2.16. The van der Waals surface area contributed by atoms with Gasteiger partial charge in [-0.1, -0.05) is 18.2 Å². The van der Waals surface area contributed by atoms with Crippen molar-refractivity contribution in [2.75, 3.05) is 5.32 Å². The van der Waals surface area contributed by atoms with Crippen LogP contribution >= 0.6 is 0 Å². The van der Waals surface area contributed by atoms with E-state index < -0.39 is 5.91 Å². The molecule has 2 heterocycles. The normalized spacial score (nSPS) is 10.7. The Hall–Kier alpha value is -3.88. The maximum absolute atomic E-state index is 12.5. The number of hydrogen-bond acceptors (Lipinski definition) is 6. The summed E-state index contributed by atoms with van der Waals surface area (Å²) in [6, 6.07) is 13.8. The van der Waals surface area contributed by atoms with Crippen LogP contribution in [0.2, 0.25) is 0 Å². The lowest BCUT2D eigenvalue weighted by molar-refractivity contribution is 0.102. The van der Waals surface area contributed by atoms with Gasteiger partial charge in [0, 0.05) is 11.1 Å². The molecular weight excluding hydrogens is 322 g/mol. The molecule has 9 heteroatoms. The summed E-state index contributed by atoms with van der Waals surface area (Å²) in [6.07, 6.45) is 1.48. The summed E-state index contributed by atoms with van der Waals surface area (Å²) in [6.45, 7) is 0. The zero-order valence-electron chi connectivity index (χ0n) is 12.7. The summed E-state index contributed by atoms with van der Waals surface area (Å²) in [5.41, 5.74) is 1.16. The van der Waals surface area contributed by atoms with Gasteiger partial charge in [0.25, 0.3) is 11.5 Å². The molecule has 25 heavy (non-hydrogen) atoms. The van der Waals surface area contributed by atoms with E-state index in [9.17, 15) is 9.59 Å². The third kappa shape index (κ3) is 2.74. The minimum absolute atomic E-state index is 0.153. The number of amides is 1. The number of hydrogen-bond donors (Lipinski definition) is 2. The van der Waals surface area contributed by atoms with Gasteiger partial charge in [-0.2, -0.15) is 5.10 Å². The molecule has 0 spiro atoms. The van der Waals surface area contributed by atoms with Crippen molar-refractivity contribution < 1.29 is 4.79 Å². The van der Waals surface area contributed by atoms with Gasteiger partial charge in [-0.25, -0.2) is 9.78 Å². The Bertz CT molecular complexity index is 1100. The topological polar surface area (TPSA) is 118 Å². The van der Waals surface area contributed by atoms with E-state index in [0.717, 1.165) is 5.69 Å². The molecule has 2 aromatic heterocycles. The number of nitrogens with zero attached hydrogens (tertiary/aromatic N) is 5. The molecule has 0 unspecified atom stereocenters. The summed E-state index contributed by atoms with van der Waals surface area (Å²) in [5.74, 6) is -0.414. The molecule has 0 bridgehead atoms. The number of nitrogens with one attached hydrogen (secondary N) is 2. The summed E-state index contributed by atoms with van der Waals surface area (Å²) in [7, 11) is 0. The van der Waals surface area contributed by atoms with E-state index in [4.69, 9.17) is 0 Å². The highest BCUT2D eigenvalue weighted by Gasteiger charge is 2.14. The highest BCUT2D eigenvalue weighted by molar-refractivity contribution is 6.11. The quantitative estimate of drug-likeness (QED) is 0.580. The maximum atomic E-state index is 12.5. The van der Waals surface area contributed by atoms with Crippen LogP contribution in [0.1, 0.15) is 10.5 Å². The number of carbonyl (C=O) groups excluding carboxylic acids is 1. The molecular formula is C16H11N7O2. The van der Waals surface area contributed by atoms with Gasteiger partial charge >= 0.3 is 0 Å². The van der Waals surface area contributed by atoms with Gasteiger partial charge in [-0.3, -0.25) is 9.59 Å². The largest absolute Gasteiger partial charge is 0.321 e. The summed E-state index contributed by atoms with van der Waals surface area (Å²) in [5, 5.41) is 20.8. The van der Waals surface area contributed by atoms with Crippen LogP contribution in [0, 0.1) is 0 Å². The number of anilines is 1. The maximum Gasteiger partial charge on any atom is 0.276 e. The van der Waals surface area contributed by atoms with E-state index in [1.807, 2.05) is 0 Å². The lowest BCUT2D eigenvalue weighted by Gasteiger charge is -2.07. The van der Waals surface area contributed by atoms with Gasteiger partial charge in [-0.05, 0) is 40.8 Å². The standard InChI is InChI=1S/C16H11N7O2/c24-15-13-4-2-1-3-12(13)14(19-20-15)16(25)18-10-5-7-11(8-6-10)23-9-17-21-22-23/h1-9H,(H,18,25)(H,20,24). The van der Waals surface area contributed by atoms with E-state index in [0.29, 0.717) is 16.5 Å². The monoisotopic (exact) mass is 333 g/mol. The number of aromatic nitrogens is 6. The van der Waals surface area contributed by atoms with Gasteiger partial charge in [0.2, 0.25) is 0 Å². The van der Waals surface area contributed by atoms with Gasteiger partial charge in [0.1, 0.15) is 6.33 Å². The van der Waals surface area contributed by atoms with E-state index in [1.165, 1.54) is 11.0 Å². The summed E-state index contributed by atoms with van der Waals surface area (Å²) >= 11 is 0. The summed E-state index contributed by atoms with van der Waals surface area (Å²) < 4.78 is 1.50. The Morgan fingerprint density at radius 1 is 1.04 bits per heavy atom. The zero-order chi connectivity index (χ0) is 17.2. The fourth-order valence-electron chi connectivity index (χ4n) is 2.46. The first-order chi connectivity index (χ1) is 12.2. The van der Waals surface area contributed by atoms with E-state index in [1.54, 1.807) is 48.5 Å². The summed E-state index contributed by atoms with van der Waals surface area (Å²) in [4.78, 5) is 24.3. The number of fused-ring (bicyclic) bond motifs is 1. The molecule has 0 atom stereocenters. The number of rotatable bonds is 3. The highest BCUT2D eigenvalue weighted by atomic mass is 16.2. The van der Waals surface area contributed by atoms with Crippen LogP contribution in [-0.4, -0.2) is 36.3 Å². The van der Waals surface area contributed by atoms with Crippen LogP contribution in [-0.2, 0) is 0 Å². The molecule has 0 aliphatic heterocycles. The van der Waals surface area contributed by atoms with Crippen molar-refractivity contribution in [3.63, 3.8) is 0 Å². The molecule has 0 aliphatic rings. The molecule has 4 aromatic rings. The van der Waals surface area contributed by atoms with Gasteiger partial charge in [0.05, 0.1) is 11.1 Å². The molecule has 0 saturated heterocycles. The Morgan fingerprint density at radius 3 is 2.52 bits per heavy atom. The predicted octanol–water partition coefficient (Wildman–Crippen LogP) is 1.15. The molecule has 0 fully saturated rings. The Labute approximate surface area is 140 Å². The first kappa shape index (κ1) is 14.7. The van der Waals surface area contributed by atoms with Gasteiger partial charge in [0.15, 0.2) is 5.69 Å². The van der Waals surface area contributed by atoms with Crippen LogP contribution in [0.25, 0.3) is 16.5 Å². The zero-order valence-corrected chi connectivity index (χ0v) is 12.7. The average molecular weight is 333 g/mol. The molecule has 0 aliphatic carbocycles. The molecule has 4 rings (SSSR count). The Kier molecular flexibility index (Phi) is 3.51. The number of benzene rings is 2. The molecule has 0 radical (unpaired) electrons. The van der Waals surface area contributed by atoms with Crippen LogP contribution in [0.15, 0.2) is 59.7 Å². The second-order valence-electron chi connectivity index (χ2n) is 5.20. The predicted molar refractivity (Wildman–Crippen MR) is 89.5 cm³/mol. The van der Waals surface area contributed by atoms with Crippen LogP contribution in [0.4, 0.5) is 5.69 Å². The smallest absolute Gasteiger partial charge is 0.276 e. The minimum Gasteiger partial charge on any atom is -0.321 e. The molecule has 122 valence electrons. The van der Waals surface area contributed by atoms with Crippen LogP contribution in [0.5, 0.6) is 0 Å². The SMILES string of the molecule is O=C(Nc1ccc(-n2cnnn2)cc1)c1n[nH]c(=O)c2ccccc12. The van der Waals surface area contributed by atoms with Crippen molar-refractivity contribution in [1.29, 1.82) is 0 Å². The first-order valence-corrected chi connectivity index (χ1v) is 7.34. The first-order valence-electron chi connectivity index (χ1n) is 7.34. The number of aromatic amines is 1. The van der Waals surface area contributed by atoms with E-state index in [2.05, 4.69) is 31.0 Å². The van der Waals surface area contributed by atoms with Crippen molar-refractivity contribution in [2.24, 2.45) is 0 Å². The van der Waals surface area contributed by atoms with Gasteiger partial charge < -0.3 is 5.32 Å². The molecule has 2 N–H and O–H groups in total. The number of carbonyl (C=O) groups is 1. The van der Waals surface area contributed by atoms with Crippen molar-refractivity contribution in [3.8, 4) is 5.69 Å². The van der Waals surface area contributed by atoms with Crippen molar-refractivity contribution >= 4 is 22.4 Å². The molecule has 2 aromatic carbocycles. The average Bonchev–Trinajstić information content (AvgIpc) is 3.17. The Balaban J connectivity index is 1.62. The molecule has 0 saturated carbocycles. The fourth-order valence-corrected chi connectivity index (χ4v) is 2.46. The van der Waals surface area contributed by atoms with Crippen LogP contribution < -0.4 is 10.9 Å². The second-order valence-corrected chi connectivity index (χ2v) is 5.20. The van der Waals surface area contributed by atoms with Crippen molar-refractivity contribution in [2.45, 2.75) is 0 Å². The van der Waals surface area contributed by atoms with Crippen molar-refractivity contribution in [1.82, 2.24) is 30.4 Å². The molecule has 1 amide bonds. The third-order valence-corrected chi connectivity index (χ3v) is 3.65. The van der Waals surface area contributed by atoms with Gasteiger partial charge in [-0.15, -0.1) is 5.10 Å². The number of H-pyrrole nitrogens is 1. The minimum atomic E-state index is -0.414. The fraction of sp³-hybridized carbons (Fsp3) is 0. The third-order valence-electron chi connectivity index (χ3n) is 3.65. The van der Waals surface area contributed by atoms with Crippen LogP contribution in [0.3, 0.4) is 0 Å². The van der Waals surface area contributed by atoms with Crippen molar-refractivity contribution in [3.05, 3.63) is 70.9 Å².